The third-order valence-corrected chi connectivity index (χ3v) is 6.73. The molecule has 2 aromatic carbocycles. The second-order valence-electron chi connectivity index (χ2n) is 10.0. The molecule has 0 saturated heterocycles. The summed E-state index contributed by atoms with van der Waals surface area (Å²) in [6, 6.07) is 13.4. The summed E-state index contributed by atoms with van der Waals surface area (Å²) in [4.78, 5) is 24.5. The van der Waals surface area contributed by atoms with Crippen LogP contribution in [-0.2, 0) is 26.7 Å². The van der Waals surface area contributed by atoms with E-state index in [1.165, 1.54) is 18.2 Å². The number of carbonyl (C=O) groups excluding carboxylic acids is 1. The standard InChI is InChI=1S/C26H32N4O7S/c1-7-30(38(6,34)35)20-14-18(13-19(15-20)22(31)32)21-28-29-23(36-21)26(5,16-17-11-9-8-10-12-17)27-24(33)37-25(2,3)4/h8-15H,7,16H2,1-6H3,(H,27,33)(H,31,32). The molecule has 11 nitrogen and oxygen atoms in total. The van der Waals surface area contributed by atoms with Crippen molar-refractivity contribution in [2.24, 2.45) is 0 Å². The number of carboxylic acids is 1. The molecule has 0 saturated carbocycles. The molecule has 0 aliphatic rings. The van der Waals surface area contributed by atoms with Gasteiger partial charge in [-0.25, -0.2) is 18.0 Å². The first-order valence-corrected chi connectivity index (χ1v) is 13.7. The molecule has 0 aliphatic carbocycles. The van der Waals surface area contributed by atoms with E-state index >= 15 is 0 Å². The number of hydrogen-bond acceptors (Lipinski definition) is 8. The summed E-state index contributed by atoms with van der Waals surface area (Å²) in [7, 11) is -3.68. The number of aromatic nitrogens is 2. The van der Waals surface area contributed by atoms with Gasteiger partial charge in [0.25, 0.3) is 0 Å². The van der Waals surface area contributed by atoms with Gasteiger partial charge in [0.2, 0.25) is 21.8 Å². The first kappa shape index (κ1) is 28.6. The minimum absolute atomic E-state index is 0.0424. The topological polar surface area (TPSA) is 152 Å². The van der Waals surface area contributed by atoms with Crippen LogP contribution in [0.5, 0.6) is 0 Å². The highest BCUT2D eigenvalue weighted by atomic mass is 32.2. The summed E-state index contributed by atoms with van der Waals surface area (Å²) in [6.07, 6.45) is 0.635. The fourth-order valence-electron chi connectivity index (χ4n) is 3.88. The second-order valence-corrected chi connectivity index (χ2v) is 11.9. The number of alkyl carbamates (subject to hydrolysis) is 1. The number of benzene rings is 2. The van der Waals surface area contributed by atoms with Crippen molar-refractivity contribution in [2.75, 3.05) is 17.1 Å². The average Bonchev–Trinajstić information content (AvgIpc) is 3.29. The lowest BCUT2D eigenvalue weighted by Gasteiger charge is -2.29. The SMILES string of the molecule is CCN(c1cc(C(=O)O)cc(-c2nnc(C(C)(Cc3ccccc3)NC(=O)OC(C)(C)C)o2)c1)S(C)(=O)=O. The van der Waals surface area contributed by atoms with E-state index < -0.39 is 33.2 Å². The van der Waals surface area contributed by atoms with Gasteiger partial charge in [0, 0.05) is 18.5 Å². The van der Waals surface area contributed by atoms with Crippen LogP contribution in [0.4, 0.5) is 10.5 Å². The molecule has 2 N–H and O–H groups in total. The molecular weight excluding hydrogens is 512 g/mol. The minimum atomic E-state index is -3.68. The van der Waals surface area contributed by atoms with Gasteiger partial charge >= 0.3 is 12.1 Å². The van der Waals surface area contributed by atoms with Crippen LogP contribution in [0.15, 0.2) is 52.9 Å². The minimum Gasteiger partial charge on any atom is -0.478 e. The van der Waals surface area contributed by atoms with E-state index in [1.807, 2.05) is 30.3 Å². The van der Waals surface area contributed by atoms with Crippen LogP contribution in [0.25, 0.3) is 11.5 Å². The number of aromatic carboxylic acids is 1. The van der Waals surface area contributed by atoms with E-state index in [-0.39, 0.29) is 41.6 Å². The predicted molar refractivity (Wildman–Crippen MR) is 141 cm³/mol. The summed E-state index contributed by atoms with van der Waals surface area (Å²) < 4.78 is 37.0. The van der Waals surface area contributed by atoms with Crippen molar-refractivity contribution in [3.8, 4) is 11.5 Å². The number of amides is 1. The number of nitrogens with zero attached hydrogens (tertiary/aromatic N) is 3. The molecule has 0 aliphatic heterocycles. The van der Waals surface area contributed by atoms with Gasteiger partial charge in [0.1, 0.15) is 11.1 Å². The molecule has 0 fully saturated rings. The highest BCUT2D eigenvalue weighted by molar-refractivity contribution is 7.92. The fraction of sp³-hybridized carbons (Fsp3) is 0.385. The Hall–Kier alpha value is -3.93. The fourth-order valence-corrected chi connectivity index (χ4v) is 4.84. The van der Waals surface area contributed by atoms with E-state index in [0.717, 1.165) is 16.1 Å². The molecule has 1 heterocycles. The Balaban J connectivity index is 2.08. The quantitative estimate of drug-likeness (QED) is 0.403. The Bertz CT molecular complexity index is 1410. The highest BCUT2D eigenvalue weighted by Crippen LogP contribution is 2.31. The molecule has 1 atom stereocenters. The first-order valence-electron chi connectivity index (χ1n) is 11.9. The van der Waals surface area contributed by atoms with Crippen LogP contribution in [0.2, 0.25) is 0 Å². The molecule has 204 valence electrons. The molecule has 1 amide bonds. The van der Waals surface area contributed by atoms with Crippen LogP contribution in [0, 0.1) is 0 Å². The van der Waals surface area contributed by atoms with E-state index in [0.29, 0.717) is 0 Å². The van der Waals surface area contributed by atoms with Crippen molar-refractivity contribution in [3.05, 3.63) is 65.5 Å². The van der Waals surface area contributed by atoms with Crippen LogP contribution < -0.4 is 9.62 Å². The zero-order valence-electron chi connectivity index (χ0n) is 22.2. The molecule has 0 spiro atoms. The third-order valence-electron chi connectivity index (χ3n) is 5.46. The number of hydrogen-bond donors (Lipinski definition) is 2. The number of sulfonamides is 1. The number of ether oxygens (including phenoxy) is 1. The van der Waals surface area contributed by atoms with E-state index in [9.17, 15) is 23.1 Å². The van der Waals surface area contributed by atoms with Gasteiger partial charge in [-0.15, -0.1) is 10.2 Å². The molecule has 0 bridgehead atoms. The van der Waals surface area contributed by atoms with Crippen LogP contribution >= 0.6 is 0 Å². The van der Waals surface area contributed by atoms with Gasteiger partial charge in [0.15, 0.2) is 0 Å². The summed E-state index contributed by atoms with van der Waals surface area (Å²) in [5.74, 6) is -1.24. The molecule has 3 aromatic rings. The zero-order chi connectivity index (χ0) is 28.3. The van der Waals surface area contributed by atoms with Crippen molar-refractivity contribution in [1.82, 2.24) is 15.5 Å². The van der Waals surface area contributed by atoms with Gasteiger partial charge in [-0.2, -0.15) is 0 Å². The zero-order valence-corrected chi connectivity index (χ0v) is 23.0. The molecule has 3 rings (SSSR count). The summed E-state index contributed by atoms with van der Waals surface area (Å²) >= 11 is 0. The normalized spacial score (nSPS) is 13.4. The Morgan fingerprint density at radius 1 is 1.08 bits per heavy atom. The van der Waals surface area contributed by atoms with E-state index in [1.54, 1.807) is 34.6 Å². The van der Waals surface area contributed by atoms with Gasteiger partial charge in [0.05, 0.1) is 17.5 Å². The molecule has 0 radical (unpaired) electrons. The maximum absolute atomic E-state index is 12.7. The largest absolute Gasteiger partial charge is 0.478 e. The number of anilines is 1. The highest BCUT2D eigenvalue weighted by Gasteiger charge is 2.37. The van der Waals surface area contributed by atoms with Crippen molar-refractivity contribution in [1.29, 1.82) is 0 Å². The lowest BCUT2D eigenvalue weighted by Crippen LogP contribution is -2.47. The first-order chi connectivity index (χ1) is 17.6. The number of nitrogens with one attached hydrogen (secondary N) is 1. The molecular formula is C26H32N4O7S. The summed E-state index contributed by atoms with van der Waals surface area (Å²) in [5, 5.41) is 20.7. The lowest BCUT2D eigenvalue weighted by molar-refractivity contribution is 0.0443. The van der Waals surface area contributed by atoms with Gasteiger partial charge in [-0.05, 0) is 58.4 Å². The van der Waals surface area contributed by atoms with E-state index in [4.69, 9.17) is 9.15 Å². The second kappa shape index (κ2) is 10.8. The molecule has 38 heavy (non-hydrogen) atoms. The molecule has 1 unspecified atom stereocenters. The average molecular weight is 545 g/mol. The van der Waals surface area contributed by atoms with Crippen molar-refractivity contribution in [2.45, 2.75) is 52.2 Å². The van der Waals surface area contributed by atoms with E-state index in [2.05, 4.69) is 15.5 Å². The monoisotopic (exact) mass is 544 g/mol. The Labute approximate surface area is 221 Å². The van der Waals surface area contributed by atoms with Gasteiger partial charge < -0.3 is 19.6 Å². The summed E-state index contributed by atoms with van der Waals surface area (Å²) in [6.45, 7) is 8.67. The smallest absolute Gasteiger partial charge is 0.408 e. The predicted octanol–water partition coefficient (Wildman–Crippen LogP) is 4.20. The Kier molecular flexibility index (Phi) is 8.15. The van der Waals surface area contributed by atoms with Crippen molar-refractivity contribution < 1.29 is 32.3 Å². The van der Waals surface area contributed by atoms with Crippen LogP contribution in [0.1, 0.15) is 56.4 Å². The lowest BCUT2D eigenvalue weighted by atomic mass is 9.92. The number of carbonyl (C=O) groups is 2. The van der Waals surface area contributed by atoms with Crippen LogP contribution in [-0.4, -0.2) is 54.2 Å². The van der Waals surface area contributed by atoms with Crippen LogP contribution in [0.3, 0.4) is 0 Å². The van der Waals surface area contributed by atoms with Crippen molar-refractivity contribution in [3.63, 3.8) is 0 Å². The van der Waals surface area contributed by atoms with Crippen molar-refractivity contribution >= 4 is 27.8 Å². The number of rotatable bonds is 9. The molecule has 1 aromatic heterocycles. The van der Waals surface area contributed by atoms with Gasteiger partial charge in [-0.3, -0.25) is 4.31 Å². The maximum atomic E-state index is 12.7. The Morgan fingerprint density at radius 2 is 1.74 bits per heavy atom. The number of carboxylic acid groups (broad SMARTS) is 1. The Morgan fingerprint density at radius 3 is 2.29 bits per heavy atom. The molecule has 12 heteroatoms. The third kappa shape index (κ3) is 7.09. The summed E-state index contributed by atoms with van der Waals surface area (Å²) in [5.41, 5.74) is -0.852. The maximum Gasteiger partial charge on any atom is 0.408 e. The van der Waals surface area contributed by atoms with Gasteiger partial charge in [-0.1, -0.05) is 30.3 Å².